The van der Waals surface area contributed by atoms with Crippen molar-refractivity contribution in [1.29, 1.82) is 0 Å². The lowest BCUT2D eigenvalue weighted by Crippen LogP contribution is -2.27. The number of carboxylic acids is 1. The molecule has 0 spiro atoms. The minimum Gasteiger partial charge on any atom is -0.480 e. The smallest absolute Gasteiger partial charge is 0.332 e. The summed E-state index contributed by atoms with van der Waals surface area (Å²) in [4.78, 5) is 27.6. The molecule has 0 aromatic carbocycles. The van der Waals surface area contributed by atoms with Crippen LogP contribution in [0.1, 0.15) is 78.6 Å². The van der Waals surface area contributed by atoms with Gasteiger partial charge in [0.05, 0.1) is 6.42 Å². The van der Waals surface area contributed by atoms with Crippen LogP contribution in [0.3, 0.4) is 0 Å². The number of ether oxygens (including phenoxy) is 2. The zero-order chi connectivity index (χ0) is 19.2. The van der Waals surface area contributed by atoms with Gasteiger partial charge >= 0.3 is 11.9 Å². The molecule has 148 valence electrons. The second-order valence-corrected chi connectivity index (χ2v) is 8.55. The Hall–Kier alpha value is -1.59. The van der Waals surface area contributed by atoms with Crippen LogP contribution >= 0.6 is 0 Å². The number of aliphatic imine (C=N–C) groups is 1. The van der Waals surface area contributed by atoms with Crippen LogP contribution in [0.2, 0.25) is 0 Å². The lowest BCUT2D eigenvalue weighted by atomic mass is 9.84. The van der Waals surface area contributed by atoms with Crippen LogP contribution in [0.15, 0.2) is 4.99 Å². The van der Waals surface area contributed by atoms with Crippen LogP contribution in [0.25, 0.3) is 0 Å². The zero-order valence-electron chi connectivity index (χ0n) is 16.3. The fourth-order valence-electron chi connectivity index (χ4n) is 3.77. The molecule has 0 saturated heterocycles. The highest BCUT2D eigenvalue weighted by Crippen LogP contribution is 2.30. The summed E-state index contributed by atoms with van der Waals surface area (Å²) in [7, 11) is 0. The molecule has 1 N–H and O–H groups in total. The number of rotatable bonds is 8. The maximum atomic E-state index is 12.3. The van der Waals surface area contributed by atoms with Crippen molar-refractivity contribution in [2.24, 2.45) is 16.8 Å². The van der Waals surface area contributed by atoms with E-state index in [0.29, 0.717) is 5.90 Å². The van der Waals surface area contributed by atoms with E-state index in [1.165, 1.54) is 32.1 Å². The fourth-order valence-corrected chi connectivity index (χ4v) is 3.77. The first-order valence-corrected chi connectivity index (χ1v) is 9.90. The van der Waals surface area contributed by atoms with E-state index in [0.717, 1.165) is 25.2 Å². The molecule has 1 aliphatic carbocycles. The van der Waals surface area contributed by atoms with Crippen LogP contribution in [0.4, 0.5) is 0 Å². The molecule has 0 aromatic rings. The quantitative estimate of drug-likeness (QED) is 0.656. The van der Waals surface area contributed by atoms with Crippen LogP contribution in [-0.2, 0) is 19.1 Å². The highest BCUT2D eigenvalue weighted by atomic mass is 16.6. The number of hydrogen-bond donors (Lipinski definition) is 1. The van der Waals surface area contributed by atoms with Crippen LogP contribution in [0, 0.1) is 11.8 Å². The summed E-state index contributed by atoms with van der Waals surface area (Å²) in [5.41, 5.74) is -0.536. The molecule has 0 aromatic heterocycles. The predicted molar refractivity (Wildman–Crippen MR) is 99.2 cm³/mol. The lowest BCUT2D eigenvalue weighted by Gasteiger charge is -2.24. The molecule has 2 atom stereocenters. The molecule has 2 aliphatic rings. The first-order chi connectivity index (χ1) is 12.2. The van der Waals surface area contributed by atoms with Crippen LogP contribution in [-0.4, -0.2) is 41.2 Å². The van der Waals surface area contributed by atoms with E-state index in [9.17, 15) is 9.59 Å². The normalized spacial score (nSPS) is 22.4. The van der Waals surface area contributed by atoms with Gasteiger partial charge in [0.2, 0.25) is 0 Å². The summed E-state index contributed by atoms with van der Waals surface area (Å²) in [6.07, 6.45) is 9.71. The Morgan fingerprint density at radius 3 is 2.54 bits per heavy atom. The van der Waals surface area contributed by atoms with Gasteiger partial charge in [-0.1, -0.05) is 44.9 Å². The van der Waals surface area contributed by atoms with Crippen molar-refractivity contribution in [3.05, 3.63) is 0 Å². The van der Waals surface area contributed by atoms with Crippen molar-refractivity contribution in [3.63, 3.8) is 0 Å². The molecule has 1 fully saturated rings. The lowest BCUT2D eigenvalue weighted by molar-refractivity contribution is -0.155. The second-order valence-electron chi connectivity index (χ2n) is 8.55. The predicted octanol–water partition coefficient (Wildman–Crippen LogP) is 3.97. The van der Waals surface area contributed by atoms with E-state index < -0.39 is 17.6 Å². The first-order valence-electron chi connectivity index (χ1n) is 9.90. The van der Waals surface area contributed by atoms with E-state index in [1.54, 1.807) is 0 Å². The number of carboxylic acid groups (broad SMARTS) is 1. The van der Waals surface area contributed by atoms with E-state index in [-0.39, 0.29) is 24.9 Å². The van der Waals surface area contributed by atoms with Crippen molar-refractivity contribution >= 4 is 17.8 Å². The molecule has 6 heteroatoms. The first kappa shape index (κ1) is 20.7. The topological polar surface area (TPSA) is 85.2 Å². The van der Waals surface area contributed by atoms with Gasteiger partial charge < -0.3 is 14.6 Å². The SMILES string of the molecule is CC(C)(C)OC(=O)C[C@@H](CCCC1CCCCC1)C1=N[C@H](C(=O)O)CO1. The van der Waals surface area contributed by atoms with Gasteiger partial charge in [-0.2, -0.15) is 0 Å². The Morgan fingerprint density at radius 1 is 1.27 bits per heavy atom. The van der Waals surface area contributed by atoms with Gasteiger partial charge in [-0.05, 0) is 33.1 Å². The highest BCUT2D eigenvalue weighted by Gasteiger charge is 2.32. The Labute approximate surface area is 156 Å². The molecular weight excluding hydrogens is 334 g/mol. The molecule has 2 rings (SSSR count). The van der Waals surface area contributed by atoms with Gasteiger partial charge in [-0.25, -0.2) is 9.79 Å². The van der Waals surface area contributed by atoms with Gasteiger partial charge in [-0.15, -0.1) is 0 Å². The van der Waals surface area contributed by atoms with Crippen molar-refractivity contribution < 1.29 is 24.2 Å². The Morgan fingerprint density at radius 2 is 1.96 bits per heavy atom. The van der Waals surface area contributed by atoms with Crippen molar-refractivity contribution in [3.8, 4) is 0 Å². The molecule has 26 heavy (non-hydrogen) atoms. The van der Waals surface area contributed by atoms with E-state index in [2.05, 4.69) is 4.99 Å². The summed E-state index contributed by atoms with van der Waals surface area (Å²) >= 11 is 0. The zero-order valence-corrected chi connectivity index (χ0v) is 16.3. The summed E-state index contributed by atoms with van der Waals surface area (Å²) < 4.78 is 11.0. The molecule has 0 bridgehead atoms. The van der Waals surface area contributed by atoms with Gasteiger partial charge in [0.15, 0.2) is 11.9 Å². The van der Waals surface area contributed by atoms with Crippen molar-refractivity contribution in [2.75, 3.05) is 6.61 Å². The minimum absolute atomic E-state index is 0.0537. The fraction of sp³-hybridized carbons (Fsp3) is 0.850. The van der Waals surface area contributed by atoms with Gasteiger partial charge in [0.1, 0.15) is 12.2 Å². The number of carbonyl (C=O) groups excluding carboxylic acids is 1. The van der Waals surface area contributed by atoms with Crippen molar-refractivity contribution in [1.82, 2.24) is 0 Å². The minimum atomic E-state index is -0.988. The van der Waals surface area contributed by atoms with E-state index in [1.807, 2.05) is 20.8 Å². The Kier molecular flexibility index (Phi) is 7.47. The highest BCUT2D eigenvalue weighted by molar-refractivity contribution is 5.88. The largest absolute Gasteiger partial charge is 0.480 e. The molecule has 6 nitrogen and oxygen atoms in total. The molecule has 0 unspecified atom stereocenters. The van der Waals surface area contributed by atoms with Crippen molar-refractivity contribution in [2.45, 2.75) is 90.2 Å². The average molecular weight is 367 g/mol. The van der Waals surface area contributed by atoms with Gasteiger partial charge in [-0.3, -0.25) is 4.79 Å². The molecule has 1 aliphatic heterocycles. The maximum absolute atomic E-state index is 12.3. The standard InChI is InChI=1S/C20H33NO5/c1-20(2,3)26-17(22)12-15(18-21-16(13-25-18)19(23)24)11-7-10-14-8-5-4-6-9-14/h14-16H,4-13H2,1-3H3,(H,23,24)/t15-,16+/m1/s1. The number of esters is 1. The monoisotopic (exact) mass is 367 g/mol. The molecular formula is C20H33NO5. The van der Waals surface area contributed by atoms with Gasteiger partial charge in [0.25, 0.3) is 0 Å². The summed E-state index contributed by atoms with van der Waals surface area (Å²) in [6.45, 7) is 5.57. The third-order valence-electron chi connectivity index (χ3n) is 5.03. The third-order valence-corrected chi connectivity index (χ3v) is 5.03. The number of nitrogens with zero attached hydrogens (tertiary/aromatic N) is 1. The summed E-state index contributed by atoms with van der Waals surface area (Å²) in [5, 5.41) is 9.12. The number of hydrogen-bond acceptors (Lipinski definition) is 5. The Bertz CT molecular complexity index is 517. The molecule has 1 saturated carbocycles. The Balaban J connectivity index is 1.93. The summed E-state index contributed by atoms with van der Waals surface area (Å²) in [5.74, 6) is -0.280. The maximum Gasteiger partial charge on any atom is 0.332 e. The van der Waals surface area contributed by atoms with E-state index in [4.69, 9.17) is 14.6 Å². The third kappa shape index (κ3) is 6.96. The van der Waals surface area contributed by atoms with Crippen LogP contribution in [0.5, 0.6) is 0 Å². The second kappa shape index (κ2) is 9.38. The number of aliphatic carboxylic acids is 1. The van der Waals surface area contributed by atoms with Gasteiger partial charge in [0, 0.05) is 5.92 Å². The number of carbonyl (C=O) groups is 2. The van der Waals surface area contributed by atoms with E-state index >= 15 is 0 Å². The molecule has 0 radical (unpaired) electrons. The summed E-state index contributed by atoms with van der Waals surface area (Å²) in [6, 6.07) is -0.857. The average Bonchev–Trinajstić information content (AvgIpc) is 3.03. The molecule has 0 amide bonds. The van der Waals surface area contributed by atoms with Crippen LogP contribution < -0.4 is 0 Å². The molecule has 1 heterocycles.